The van der Waals surface area contributed by atoms with E-state index in [-0.39, 0.29) is 43.0 Å². The molecule has 0 bridgehead atoms. The lowest BCUT2D eigenvalue weighted by molar-refractivity contribution is -0.122. The third kappa shape index (κ3) is 4.59. The number of fused-ring (bicyclic) bond motifs is 1. The quantitative estimate of drug-likeness (QED) is 0.606. The summed E-state index contributed by atoms with van der Waals surface area (Å²) in [5.41, 5.74) is 0.809. The van der Waals surface area contributed by atoms with Gasteiger partial charge in [0.25, 0.3) is 6.43 Å². The number of carbonyl (C=O) groups excluding carboxylic acids is 3. The van der Waals surface area contributed by atoms with Crippen LogP contribution in [0.5, 0.6) is 0 Å². The maximum atomic E-state index is 13.8. The monoisotopic (exact) mass is 482 g/mol. The molecule has 8 nitrogen and oxygen atoms in total. The number of halogens is 2. The molecule has 2 aromatic rings. The van der Waals surface area contributed by atoms with Gasteiger partial charge in [-0.3, -0.25) is 9.69 Å². The molecule has 1 aliphatic carbocycles. The smallest absolute Gasteiger partial charge is 0.333 e. The fourth-order valence-corrected chi connectivity index (χ4v) is 4.86. The maximum absolute atomic E-state index is 13.8. The number of aliphatic hydroxyl groups excluding tert-OH is 1. The van der Waals surface area contributed by atoms with Crippen molar-refractivity contribution >= 4 is 23.5 Å². The zero-order valence-corrected chi connectivity index (χ0v) is 18.7. The molecule has 35 heavy (non-hydrogen) atoms. The van der Waals surface area contributed by atoms with Crippen LogP contribution >= 0.6 is 0 Å². The molecular weight excluding hydrogens is 458 g/mol. The summed E-state index contributed by atoms with van der Waals surface area (Å²) < 4.78 is 26.8. The molecule has 0 radical (unpaired) electrons. The molecule has 3 atom stereocenters. The van der Waals surface area contributed by atoms with Gasteiger partial charge in [-0.1, -0.05) is 24.3 Å². The van der Waals surface area contributed by atoms with Gasteiger partial charge in [0.2, 0.25) is 0 Å². The topological polar surface area (TPSA) is 114 Å². The predicted molar refractivity (Wildman–Crippen MR) is 122 cm³/mol. The fraction of sp³-hybridized carbons (Fsp3) is 0.360. The van der Waals surface area contributed by atoms with Crippen LogP contribution in [0.15, 0.2) is 48.5 Å². The number of carbonyl (C=O) groups is 3. The number of nitrogens with zero attached hydrogens (tertiary/aromatic N) is 3. The molecule has 1 heterocycles. The van der Waals surface area contributed by atoms with Crippen molar-refractivity contribution in [2.45, 2.75) is 37.8 Å². The van der Waals surface area contributed by atoms with Crippen LogP contribution in [0.25, 0.3) is 0 Å². The van der Waals surface area contributed by atoms with Crippen molar-refractivity contribution in [3.05, 3.63) is 65.2 Å². The van der Waals surface area contributed by atoms with E-state index < -0.39 is 36.5 Å². The van der Waals surface area contributed by atoms with E-state index in [1.807, 2.05) is 6.07 Å². The first-order chi connectivity index (χ1) is 16.9. The number of ketones is 1. The van der Waals surface area contributed by atoms with Crippen molar-refractivity contribution in [3.8, 4) is 6.07 Å². The van der Waals surface area contributed by atoms with Gasteiger partial charge in [0.05, 0.1) is 29.6 Å². The lowest BCUT2D eigenvalue weighted by Gasteiger charge is -2.47. The SMILES string of the molecule is N#Cc1ccc(C2C3C(=O)CCC3N(c3cccc(C(F)F)c3)C(=O)N2C(=O)NCCCO)cc1. The number of alkyl halides is 2. The van der Waals surface area contributed by atoms with E-state index in [2.05, 4.69) is 5.32 Å². The highest BCUT2D eigenvalue weighted by Crippen LogP contribution is 2.46. The van der Waals surface area contributed by atoms with Gasteiger partial charge < -0.3 is 10.4 Å². The van der Waals surface area contributed by atoms with Crippen LogP contribution in [0, 0.1) is 17.2 Å². The Morgan fingerprint density at radius 3 is 2.60 bits per heavy atom. The van der Waals surface area contributed by atoms with Crippen molar-refractivity contribution in [2.24, 2.45) is 5.92 Å². The van der Waals surface area contributed by atoms with Gasteiger partial charge in [-0.15, -0.1) is 0 Å². The molecule has 0 spiro atoms. The molecular formula is C25H24F2N4O4. The lowest BCUT2D eigenvalue weighted by Crippen LogP contribution is -2.63. The molecule has 2 aromatic carbocycles. The standard InChI is InChI=1S/C25H24F2N4O4/c26-23(27)17-3-1-4-18(13-17)30-19-9-10-20(33)21(19)22(16-7-5-15(14-28)6-8-16)31(25(30)35)24(34)29-11-2-12-32/h1,3-8,13,19,21-23,32H,2,9-12H2,(H,29,34). The van der Waals surface area contributed by atoms with E-state index in [1.165, 1.54) is 29.2 Å². The van der Waals surface area contributed by atoms with Crippen LogP contribution in [0.3, 0.4) is 0 Å². The number of Topliss-reactive ketones (excluding diaryl/α,β-unsaturated/α-hetero) is 1. The normalized spacial score (nSPS) is 21.7. The van der Waals surface area contributed by atoms with Crippen molar-refractivity contribution < 1.29 is 28.3 Å². The summed E-state index contributed by atoms with van der Waals surface area (Å²) in [6.07, 6.45) is -1.97. The number of aliphatic hydroxyl groups is 1. The van der Waals surface area contributed by atoms with Gasteiger partial charge in [0.15, 0.2) is 0 Å². The van der Waals surface area contributed by atoms with E-state index >= 15 is 0 Å². The van der Waals surface area contributed by atoms with Gasteiger partial charge >= 0.3 is 12.1 Å². The number of nitriles is 1. The molecule has 1 saturated heterocycles. The number of amides is 4. The number of anilines is 1. The molecule has 1 saturated carbocycles. The first-order valence-electron chi connectivity index (χ1n) is 11.3. The van der Waals surface area contributed by atoms with Crippen molar-refractivity contribution in [3.63, 3.8) is 0 Å². The number of nitrogens with one attached hydrogen (secondary N) is 1. The van der Waals surface area contributed by atoms with Crippen molar-refractivity contribution in [1.29, 1.82) is 5.26 Å². The summed E-state index contributed by atoms with van der Waals surface area (Å²) >= 11 is 0. The minimum atomic E-state index is -2.75. The second-order valence-corrected chi connectivity index (χ2v) is 8.50. The maximum Gasteiger partial charge on any atom is 0.333 e. The molecule has 2 aliphatic rings. The van der Waals surface area contributed by atoms with Crippen molar-refractivity contribution in [2.75, 3.05) is 18.1 Å². The minimum Gasteiger partial charge on any atom is -0.396 e. The molecule has 10 heteroatoms. The Balaban J connectivity index is 1.81. The number of hydrogen-bond donors (Lipinski definition) is 2. The predicted octanol–water partition coefficient (Wildman–Crippen LogP) is 3.92. The first kappa shape index (κ1) is 24.3. The fourth-order valence-electron chi connectivity index (χ4n) is 4.86. The summed E-state index contributed by atoms with van der Waals surface area (Å²) in [5.74, 6) is -0.917. The Labute approximate surface area is 200 Å². The van der Waals surface area contributed by atoms with Crippen LogP contribution in [-0.4, -0.2) is 47.0 Å². The van der Waals surface area contributed by atoms with Crippen LogP contribution < -0.4 is 10.2 Å². The summed E-state index contributed by atoms with van der Waals surface area (Å²) in [6.45, 7) is -0.0644. The molecule has 0 aromatic heterocycles. The Bertz CT molecular complexity index is 1160. The Hall–Kier alpha value is -3.84. The number of imide groups is 1. The number of benzene rings is 2. The number of urea groups is 2. The average molecular weight is 482 g/mol. The summed E-state index contributed by atoms with van der Waals surface area (Å²) in [7, 11) is 0. The van der Waals surface area contributed by atoms with Crippen molar-refractivity contribution in [1.82, 2.24) is 10.2 Å². The zero-order valence-electron chi connectivity index (χ0n) is 18.7. The first-order valence-corrected chi connectivity index (χ1v) is 11.3. The second-order valence-electron chi connectivity index (χ2n) is 8.50. The second kappa shape index (κ2) is 10.2. The largest absolute Gasteiger partial charge is 0.396 e. The minimum absolute atomic E-state index is 0.0993. The highest BCUT2D eigenvalue weighted by molar-refractivity contribution is 6.06. The third-order valence-electron chi connectivity index (χ3n) is 6.45. The average Bonchev–Trinajstić information content (AvgIpc) is 3.24. The lowest BCUT2D eigenvalue weighted by atomic mass is 9.84. The zero-order chi connectivity index (χ0) is 25.1. The van der Waals surface area contributed by atoms with E-state index in [1.54, 1.807) is 24.3 Å². The third-order valence-corrected chi connectivity index (χ3v) is 6.45. The molecule has 1 aliphatic heterocycles. The van der Waals surface area contributed by atoms with Crippen LogP contribution in [0.4, 0.5) is 24.1 Å². The van der Waals surface area contributed by atoms with Gasteiger partial charge in [0, 0.05) is 30.8 Å². The van der Waals surface area contributed by atoms with E-state index in [0.29, 0.717) is 17.5 Å². The van der Waals surface area contributed by atoms with E-state index in [9.17, 15) is 23.2 Å². The molecule has 4 rings (SSSR count). The van der Waals surface area contributed by atoms with Gasteiger partial charge in [-0.25, -0.2) is 23.3 Å². The van der Waals surface area contributed by atoms with Gasteiger partial charge in [0.1, 0.15) is 5.78 Å². The Morgan fingerprint density at radius 1 is 1.20 bits per heavy atom. The molecule has 182 valence electrons. The number of hydrogen-bond acceptors (Lipinski definition) is 5. The van der Waals surface area contributed by atoms with Crippen LogP contribution in [-0.2, 0) is 4.79 Å². The number of rotatable bonds is 6. The Kier molecular flexibility index (Phi) is 7.07. The van der Waals surface area contributed by atoms with Crippen LogP contribution in [0.1, 0.15) is 48.4 Å². The van der Waals surface area contributed by atoms with Gasteiger partial charge in [-0.2, -0.15) is 5.26 Å². The molecule has 2 N–H and O–H groups in total. The summed E-state index contributed by atoms with van der Waals surface area (Å²) in [4.78, 5) is 42.4. The van der Waals surface area contributed by atoms with E-state index in [0.717, 1.165) is 4.90 Å². The molecule has 3 unspecified atom stereocenters. The van der Waals surface area contributed by atoms with Gasteiger partial charge in [-0.05, 0) is 42.7 Å². The highest BCUT2D eigenvalue weighted by atomic mass is 19.3. The van der Waals surface area contributed by atoms with Crippen LogP contribution in [0.2, 0.25) is 0 Å². The summed E-state index contributed by atoms with van der Waals surface area (Å²) in [5, 5.41) is 20.8. The molecule has 4 amide bonds. The summed E-state index contributed by atoms with van der Waals surface area (Å²) in [6, 6.07) is 10.7. The Morgan fingerprint density at radius 2 is 1.94 bits per heavy atom. The highest BCUT2D eigenvalue weighted by Gasteiger charge is 2.55. The molecule has 2 fully saturated rings. The van der Waals surface area contributed by atoms with E-state index in [4.69, 9.17) is 10.4 Å².